The van der Waals surface area contributed by atoms with Crippen molar-refractivity contribution in [2.24, 2.45) is 0 Å². The Kier molecular flexibility index (Phi) is 5.35. The molecule has 0 fully saturated rings. The van der Waals surface area contributed by atoms with E-state index < -0.39 is 8.07 Å². The van der Waals surface area contributed by atoms with E-state index in [2.05, 4.69) is 80.1 Å². The normalized spacial score (nSPS) is 23.5. The molecule has 0 aromatic heterocycles. The Hall–Kier alpha value is -1.08. The Balaban J connectivity index is 2.74. The standard InChI is InChI=1S/C23H36Si/c1-10-11-12-24(9,22-17(3)13-16(2)14-18(22)4)23(8)15-19(5)20(6)21(23)7/h13-15H,10-12H2,1-9H3. The van der Waals surface area contributed by atoms with E-state index in [1.165, 1.54) is 46.7 Å². The molecule has 132 valence electrons. The van der Waals surface area contributed by atoms with Gasteiger partial charge in [-0.05, 0) is 47.1 Å². The topological polar surface area (TPSA) is 0 Å². The van der Waals surface area contributed by atoms with Crippen LogP contribution < -0.4 is 5.19 Å². The molecule has 0 heterocycles. The van der Waals surface area contributed by atoms with E-state index in [-0.39, 0.29) is 5.04 Å². The molecule has 1 aromatic rings. The van der Waals surface area contributed by atoms with Crippen molar-refractivity contribution in [2.75, 3.05) is 0 Å². The lowest BCUT2D eigenvalue weighted by Crippen LogP contribution is -2.56. The molecule has 2 unspecified atom stereocenters. The van der Waals surface area contributed by atoms with Crippen molar-refractivity contribution in [3.63, 3.8) is 0 Å². The highest BCUT2D eigenvalue weighted by Crippen LogP contribution is 2.55. The predicted octanol–water partition coefficient (Wildman–Crippen LogP) is 6.75. The van der Waals surface area contributed by atoms with Gasteiger partial charge in [0.05, 0.1) is 8.07 Å². The molecule has 0 saturated heterocycles. The summed E-state index contributed by atoms with van der Waals surface area (Å²) in [5.41, 5.74) is 9.06. The van der Waals surface area contributed by atoms with Crippen LogP contribution >= 0.6 is 0 Å². The van der Waals surface area contributed by atoms with Gasteiger partial charge in [0.1, 0.15) is 0 Å². The number of allylic oxidation sites excluding steroid dienone is 4. The SMILES string of the molecule is CCCC[Si](C)(c1c(C)cc(C)cc1C)C1(C)C=C(C)C(C)=C1C. The van der Waals surface area contributed by atoms with Crippen LogP contribution in [0.5, 0.6) is 0 Å². The minimum Gasteiger partial charge on any atom is -0.0737 e. The Morgan fingerprint density at radius 2 is 1.50 bits per heavy atom. The molecule has 0 N–H and O–H groups in total. The molecule has 2 atom stereocenters. The molecule has 2 rings (SSSR count). The Labute approximate surface area is 151 Å². The first-order chi connectivity index (χ1) is 11.1. The summed E-state index contributed by atoms with van der Waals surface area (Å²) in [5, 5.41) is 1.95. The molecular weight excluding hydrogens is 304 g/mol. The van der Waals surface area contributed by atoms with E-state index in [1.807, 2.05) is 0 Å². The molecular formula is C23H36Si. The number of hydrogen-bond acceptors (Lipinski definition) is 0. The fourth-order valence-electron chi connectivity index (χ4n) is 5.13. The third-order valence-corrected chi connectivity index (χ3v) is 12.9. The van der Waals surface area contributed by atoms with Crippen molar-refractivity contribution in [3.8, 4) is 0 Å². The molecule has 0 aliphatic heterocycles. The summed E-state index contributed by atoms with van der Waals surface area (Å²) in [6.07, 6.45) is 5.23. The highest BCUT2D eigenvalue weighted by atomic mass is 28.3. The van der Waals surface area contributed by atoms with Crippen molar-refractivity contribution < 1.29 is 0 Å². The minimum atomic E-state index is -1.73. The van der Waals surface area contributed by atoms with E-state index in [1.54, 1.807) is 10.8 Å². The third-order valence-electron chi connectivity index (χ3n) is 6.84. The summed E-state index contributed by atoms with van der Waals surface area (Å²) in [5.74, 6) is 0. The van der Waals surface area contributed by atoms with E-state index in [0.717, 1.165) is 0 Å². The highest BCUT2D eigenvalue weighted by molar-refractivity contribution is 6.95. The molecule has 0 bridgehead atoms. The van der Waals surface area contributed by atoms with Crippen LogP contribution in [-0.2, 0) is 0 Å². The van der Waals surface area contributed by atoms with Gasteiger partial charge in [0.2, 0.25) is 0 Å². The predicted molar refractivity (Wildman–Crippen MR) is 112 cm³/mol. The van der Waals surface area contributed by atoms with Crippen LogP contribution in [0, 0.1) is 20.8 Å². The summed E-state index contributed by atoms with van der Waals surface area (Å²) < 4.78 is 0. The Morgan fingerprint density at radius 1 is 0.958 bits per heavy atom. The summed E-state index contributed by atoms with van der Waals surface area (Å²) in [7, 11) is -1.73. The number of hydrogen-bond donors (Lipinski definition) is 0. The number of rotatable bonds is 5. The van der Waals surface area contributed by atoms with Crippen LogP contribution in [-0.4, -0.2) is 8.07 Å². The van der Waals surface area contributed by atoms with Gasteiger partial charge in [-0.1, -0.05) is 90.5 Å². The average Bonchev–Trinajstić information content (AvgIpc) is 2.68. The summed E-state index contributed by atoms with van der Waals surface area (Å²) >= 11 is 0. The largest absolute Gasteiger partial charge is 0.0983 e. The van der Waals surface area contributed by atoms with E-state index in [9.17, 15) is 0 Å². The molecule has 0 saturated carbocycles. The van der Waals surface area contributed by atoms with Crippen LogP contribution in [0.15, 0.2) is 34.9 Å². The van der Waals surface area contributed by atoms with Crippen LogP contribution in [0.1, 0.15) is 64.2 Å². The molecule has 1 aliphatic rings. The summed E-state index contributed by atoms with van der Waals surface area (Å²) in [6, 6.07) is 6.18. The van der Waals surface area contributed by atoms with Crippen LogP contribution in [0.2, 0.25) is 17.6 Å². The number of unbranched alkanes of at least 4 members (excludes halogenated alkanes) is 1. The first-order valence-corrected chi connectivity index (χ1v) is 12.2. The van der Waals surface area contributed by atoms with Crippen molar-refractivity contribution in [1.29, 1.82) is 0 Å². The van der Waals surface area contributed by atoms with Gasteiger partial charge >= 0.3 is 0 Å². The molecule has 0 nitrogen and oxygen atoms in total. The van der Waals surface area contributed by atoms with E-state index in [0.29, 0.717) is 0 Å². The smallest absolute Gasteiger partial charge is 0.0737 e. The molecule has 0 radical (unpaired) electrons. The second-order valence-electron chi connectivity index (χ2n) is 8.49. The third kappa shape index (κ3) is 2.85. The highest BCUT2D eigenvalue weighted by Gasteiger charge is 2.50. The van der Waals surface area contributed by atoms with Crippen molar-refractivity contribution in [1.82, 2.24) is 0 Å². The maximum absolute atomic E-state index is 2.65. The maximum Gasteiger partial charge on any atom is 0.0983 e. The zero-order valence-electron chi connectivity index (χ0n) is 17.4. The Bertz CT molecular complexity index is 684. The number of aryl methyl sites for hydroxylation is 3. The average molecular weight is 341 g/mol. The summed E-state index contributed by atoms with van der Waals surface area (Å²) in [4.78, 5) is 0. The zero-order chi connectivity index (χ0) is 18.3. The second-order valence-corrected chi connectivity index (χ2v) is 13.2. The minimum absolute atomic E-state index is 0.237. The van der Waals surface area contributed by atoms with E-state index >= 15 is 0 Å². The monoisotopic (exact) mass is 340 g/mol. The molecule has 24 heavy (non-hydrogen) atoms. The van der Waals surface area contributed by atoms with Gasteiger partial charge in [-0.25, -0.2) is 0 Å². The number of benzene rings is 1. The van der Waals surface area contributed by atoms with Gasteiger partial charge in [0, 0.05) is 5.04 Å². The van der Waals surface area contributed by atoms with Crippen molar-refractivity contribution in [3.05, 3.63) is 51.6 Å². The van der Waals surface area contributed by atoms with Gasteiger partial charge in [-0.2, -0.15) is 0 Å². The van der Waals surface area contributed by atoms with Crippen LogP contribution in [0.4, 0.5) is 0 Å². The lowest BCUT2D eigenvalue weighted by atomic mass is 10.0. The van der Waals surface area contributed by atoms with Crippen molar-refractivity contribution in [2.45, 2.75) is 85.9 Å². The van der Waals surface area contributed by atoms with Gasteiger partial charge in [0.25, 0.3) is 0 Å². The fourth-order valence-corrected chi connectivity index (χ4v) is 10.9. The molecule has 1 aromatic carbocycles. The zero-order valence-corrected chi connectivity index (χ0v) is 18.4. The lowest BCUT2D eigenvalue weighted by molar-refractivity contribution is 0.802. The lowest BCUT2D eigenvalue weighted by Gasteiger charge is -2.45. The van der Waals surface area contributed by atoms with Gasteiger partial charge < -0.3 is 0 Å². The Morgan fingerprint density at radius 3 is 1.92 bits per heavy atom. The van der Waals surface area contributed by atoms with Gasteiger partial charge in [-0.3, -0.25) is 0 Å². The molecule has 1 aliphatic carbocycles. The van der Waals surface area contributed by atoms with E-state index in [4.69, 9.17) is 0 Å². The first kappa shape index (κ1) is 19.2. The molecule has 0 amide bonds. The van der Waals surface area contributed by atoms with Crippen LogP contribution in [0.25, 0.3) is 0 Å². The van der Waals surface area contributed by atoms with Crippen molar-refractivity contribution >= 4 is 13.3 Å². The van der Waals surface area contributed by atoms with Gasteiger partial charge in [-0.15, -0.1) is 0 Å². The molecule has 0 spiro atoms. The fraction of sp³-hybridized carbons (Fsp3) is 0.565. The summed E-state index contributed by atoms with van der Waals surface area (Å²) in [6.45, 7) is 21.4. The first-order valence-electron chi connectivity index (χ1n) is 9.54. The van der Waals surface area contributed by atoms with Crippen LogP contribution in [0.3, 0.4) is 0 Å². The van der Waals surface area contributed by atoms with Gasteiger partial charge in [0.15, 0.2) is 0 Å². The second kappa shape index (κ2) is 6.67. The molecule has 1 heteroatoms. The maximum atomic E-state index is 2.65. The quantitative estimate of drug-likeness (QED) is 0.520.